The number of ether oxygens (including phenoxy) is 1. The van der Waals surface area contributed by atoms with Crippen LogP contribution in [0.15, 0.2) is 24.3 Å². The van der Waals surface area contributed by atoms with E-state index in [9.17, 15) is 9.90 Å². The third-order valence-electron chi connectivity index (χ3n) is 3.85. The molecule has 1 unspecified atom stereocenters. The first-order valence-corrected chi connectivity index (χ1v) is 5.85. The Morgan fingerprint density at radius 2 is 1.94 bits per heavy atom. The van der Waals surface area contributed by atoms with Gasteiger partial charge in [0.25, 0.3) is 0 Å². The number of fused-ring (bicyclic) bond motifs is 1. The number of carboxylic acids is 1. The van der Waals surface area contributed by atoms with E-state index in [0.717, 1.165) is 0 Å². The molecule has 4 nitrogen and oxygen atoms in total. The molecular formula is C13H15NO3. The average molecular weight is 233 g/mol. The van der Waals surface area contributed by atoms with Crippen LogP contribution in [-0.2, 0) is 22.6 Å². The van der Waals surface area contributed by atoms with Crippen LogP contribution in [0.5, 0.6) is 0 Å². The largest absolute Gasteiger partial charge is 0.480 e. The van der Waals surface area contributed by atoms with E-state index >= 15 is 0 Å². The highest BCUT2D eigenvalue weighted by molar-refractivity contribution is 5.79. The summed E-state index contributed by atoms with van der Waals surface area (Å²) >= 11 is 0. The second-order valence-corrected chi connectivity index (χ2v) is 4.76. The van der Waals surface area contributed by atoms with Gasteiger partial charge in [-0.25, -0.2) is 0 Å². The van der Waals surface area contributed by atoms with Crippen molar-refractivity contribution in [1.82, 2.24) is 4.90 Å². The number of benzene rings is 1. The third kappa shape index (κ3) is 1.56. The Labute approximate surface area is 99.8 Å². The van der Waals surface area contributed by atoms with Gasteiger partial charge in [-0.15, -0.1) is 0 Å². The predicted octanol–water partition coefficient (Wildman–Crippen LogP) is 1.25. The molecule has 1 saturated heterocycles. The van der Waals surface area contributed by atoms with Gasteiger partial charge in [-0.3, -0.25) is 9.69 Å². The Hall–Kier alpha value is -1.39. The van der Waals surface area contributed by atoms with Crippen molar-refractivity contribution in [3.63, 3.8) is 0 Å². The second kappa shape index (κ2) is 3.82. The topological polar surface area (TPSA) is 49.8 Å². The molecule has 90 valence electrons. The first kappa shape index (κ1) is 10.7. The summed E-state index contributed by atoms with van der Waals surface area (Å²) in [5, 5.41) is 9.48. The molecular weight excluding hydrogens is 218 g/mol. The SMILES string of the molecule is O=C(O)C1(N2Cc3ccccc3C2)CCOC1. The van der Waals surface area contributed by atoms with Crippen LogP contribution in [0.25, 0.3) is 0 Å². The van der Waals surface area contributed by atoms with Gasteiger partial charge >= 0.3 is 5.97 Å². The molecule has 1 fully saturated rings. The van der Waals surface area contributed by atoms with E-state index in [1.165, 1.54) is 11.1 Å². The minimum absolute atomic E-state index is 0.302. The molecule has 2 heterocycles. The molecule has 1 atom stereocenters. The molecule has 0 saturated carbocycles. The van der Waals surface area contributed by atoms with E-state index in [-0.39, 0.29) is 0 Å². The van der Waals surface area contributed by atoms with E-state index in [2.05, 4.69) is 12.1 Å². The molecule has 4 heteroatoms. The molecule has 2 aliphatic rings. The van der Waals surface area contributed by atoms with E-state index in [1.54, 1.807) is 0 Å². The zero-order chi connectivity index (χ0) is 11.9. The van der Waals surface area contributed by atoms with Gasteiger partial charge in [0.1, 0.15) is 5.54 Å². The van der Waals surface area contributed by atoms with Gasteiger partial charge in [-0.05, 0) is 11.1 Å². The highest BCUT2D eigenvalue weighted by Gasteiger charge is 2.49. The maximum absolute atomic E-state index is 11.5. The molecule has 3 rings (SSSR count). The van der Waals surface area contributed by atoms with Crippen LogP contribution in [0.1, 0.15) is 17.5 Å². The molecule has 17 heavy (non-hydrogen) atoms. The maximum Gasteiger partial charge on any atom is 0.326 e. The number of aliphatic carboxylic acids is 1. The van der Waals surface area contributed by atoms with E-state index in [0.29, 0.717) is 32.7 Å². The molecule has 1 N–H and O–H groups in total. The van der Waals surface area contributed by atoms with Gasteiger partial charge in [0.05, 0.1) is 6.61 Å². The van der Waals surface area contributed by atoms with Crippen LogP contribution in [0.3, 0.4) is 0 Å². The van der Waals surface area contributed by atoms with Crippen molar-refractivity contribution in [2.75, 3.05) is 13.2 Å². The minimum atomic E-state index is -0.820. The summed E-state index contributed by atoms with van der Waals surface area (Å²) in [5.74, 6) is -0.761. The summed E-state index contributed by atoms with van der Waals surface area (Å²) in [6, 6.07) is 8.14. The molecule has 0 amide bonds. The van der Waals surface area contributed by atoms with Crippen molar-refractivity contribution >= 4 is 5.97 Å². The van der Waals surface area contributed by atoms with Crippen molar-refractivity contribution in [2.45, 2.75) is 25.0 Å². The van der Waals surface area contributed by atoms with Gasteiger partial charge in [0.2, 0.25) is 0 Å². The Morgan fingerprint density at radius 3 is 2.41 bits per heavy atom. The van der Waals surface area contributed by atoms with E-state index in [1.807, 2.05) is 17.0 Å². The molecule has 0 radical (unpaired) electrons. The van der Waals surface area contributed by atoms with E-state index < -0.39 is 11.5 Å². The van der Waals surface area contributed by atoms with Crippen LogP contribution in [0.2, 0.25) is 0 Å². The lowest BCUT2D eigenvalue weighted by Gasteiger charge is -2.32. The monoisotopic (exact) mass is 233 g/mol. The zero-order valence-electron chi connectivity index (χ0n) is 9.56. The zero-order valence-corrected chi connectivity index (χ0v) is 9.56. The average Bonchev–Trinajstić information content (AvgIpc) is 2.96. The normalized spacial score (nSPS) is 28.2. The first-order valence-electron chi connectivity index (χ1n) is 5.85. The fourth-order valence-corrected chi connectivity index (χ4v) is 2.74. The molecule has 1 aromatic carbocycles. The quantitative estimate of drug-likeness (QED) is 0.835. The lowest BCUT2D eigenvalue weighted by atomic mass is 9.97. The standard InChI is InChI=1S/C13H15NO3/c15-12(16)13(5-6-17-9-13)14-7-10-3-1-2-4-11(10)8-14/h1-4H,5-9H2,(H,15,16). The maximum atomic E-state index is 11.5. The highest BCUT2D eigenvalue weighted by Crippen LogP contribution is 2.34. The molecule has 0 aromatic heterocycles. The molecule has 2 aliphatic heterocycles. The predicted molar refractivity (Wildman–Crippen MR) is 61.5 cm³/mol. The minimum Gasteiger partial charge on any atom is -0.480 e. The number of nitrogens with zero attached hydrogens (tertiary/aromatic N) is 1. The highest BCUT2D eigenvalue weighted by atomic mass is 16.5. The van der Waals surface area contributed by atoms with Gasteiger partial charge in [0.15, 0.2) is 0 Å². The molecule has 0 bridgehead atoms. The summed E-state index contributed by atoms with van der Waals surface area (Å²) < 4.78 is 5.31. The van der Waals surface area contributed by atoms with Crippen molar-refractivity contribution in [3.8, 4) is 0 Å². The molecule has 0 spiro atoms. The molecule has 1 aromatic rings. The summed E-state index contributed by atoms with van der Waals surface area (Å²) in [6.45, 7) is 2.27. The second-order valence-electron chi connectivity index (χ2n) is 4.76. The van der Waals surface area contributed by atoms with Crippen molar-refractivity contribution in [2.24, 2.45) is 0 Å². The lowest BCUT2D eigenvalue weighted by Crippen LogP contribution is -2.53. The van der Waals surface area contributed by atoms with E-state index in [4.69, 9.17) is 4.74 Å². The van der Waals surface area contributed by atoms with Gasteiger partial charge in [-0.1, -0.05) is 24.3 Å². The van der Waals surface area contributed by atoms with Crippen molar-refractivity contribution in [1.29, 1.82) is 0 Å². The fourth-order valence-electron chi connectivity index (χ4n) is 2.74. The van der Waals surface area contributed by atoms with Crippen molar-refractivity contribution < 1.29 is 14.6 Å². The third-order valence-corrected chi connectivity index (χ3v) is 3.85. The smallest absolute Gasteiger partial charge is 0.326 e. The van der Waals surface area contributed by atoms with Crippen LogP contribution >= 0.6 is 0 Å². The number of hydrogen-bond donors (Lipinski definition) is 1. The number of carbonyl (C=O) groups is 1. The van der Waals surface area contributed by atoms with Crippen LogP contribution < -0.4 is 0 Å². The van der Waals surface area contributed by atoms with Crippen molar-refractivity contribution in [3.05, 3.63) is 35.4 Å². The molecule has 0 aliphatic carbocycles. The summed E-state index contributed by atoms with van der Waals surface area (Å²) in [4.78, 5) is 13.6. The first-order chi connectivity index (χ1) is 8.22. The summed E-state index contributed by atoms with van der Waals surface area (Å²) in [5.41, 5.74) is 1.65. The van der Waals surface area contributed by atoms with Crippen LogP contribution in [-0.4, -0.2) is 34.7 Å². The van der Waals surface area contributed by atoms with Gasteiger partial charge in [-0.2, -0.15) is 0 Å². The van der Waals surface area contributed by atoms with Gasteiger partial charge < -0.3 is 9.84 Å². The Kier molecular flexibility index (Phi) is 2.42. The Bertz CT molecular complexity index is 427. The fraction of sp³-hybridized carbons (Fsp3) is 0.462. The van der Waals surface area contributed by atoms with Crippen LogP contribution in [0.4, 0.5) is 0 Å². The Balaban J connectivity index is 1.90. The summed E-state index contributed by atoms with van der Waals surface area (Å²) in [7, 11) is 0. The number of rotatable bonds is 2. The van der Waals surface area contributed by atoms with Gasteiger partial charge in [0, 0.05) is 26.1 Å². The Morgan fingerprint density at radius 1 is 1.29 bits per heavy atom. The number of carboxylic acid groups (broad SMARTS) is 1. The van der Waals surface area contributed by atoms with Crippen LogP contribution in [0, 0.1) is 0 Å². The lowest BCUT2D eigenvalue weighted by molar-refractivity contribution is -0.152. The summed E-state index contributed by atoms with van der Waals surface area (Å²) in [6.07, 6.45) is 0.580. The number of hydrogen-bond acceptors (Lipinski definition) is 3.